The zero-order valence-corrected chi connectivity index (χ0v) is 14.1. The highest BCUT2D eigenvalue weighted by Crippen LogP contribution is 2.36. The number of aryl methyl sites for hydroxylation is 1. The maximum absolute atomic E-state index is 13.3. The first-order chi connectivity index (χ1) is 12.6. The van der Waals surface area contributed by atoms with Crippen molar-refractivity contribution in [2.75, 3.05) is 0 Å². The van der Waals surface area contributed by atoms with E-state index in [1.165, 1.54) is 18.2 Å². The minimum absolute atomic E-state index is 0.0267. The Morgan fingerprint density at radius 1 is 1.31 bits per heavy atom. The Kier molecular flexibility index (Phi) is 4.24. The quantitative estimate of drug-likeness (QED) is 0.755. The molecule has 0 radical (unpaired) electrons. The lowest BCUT2D eigenvalue weighted by molar-refractivity contribution is 0.0894. The molecule has 7 nitrogen and oxygen atoms in total. The summed E-state index contributed by atoms with van der Waals surface area (Å²) in [7, 11) is 0. The average Bonchev–Trinajstić information content (AvgIpc) is 3.27. The minimum atomic E-state index is -0.377. The van der Waals surface area contributed by atoms with Crippen LogP contribution in [0.3, 0.4) is 0 Å². The maximum Gasteiger partial charge on any atom is 0.273 e. The number of benzene rings is 1. The number of aromatic nitrogens is 3. The lowest BCUT2D eigenvalue weighted by Gasteiger charge is -2.33. The zero-order valence-electron chi connectivity index (χ0n) is 14.1. The Bertz CT molecular complexity index is 930. The van der Waals surface area contributed by atoms with Gasteiger partial charge in [-0.3, -0.25) is 4.79 Å². The van der Waals surface area contributed by atoms with E-state index in [0.717, 1.165) is 12.8 Å². The van der Waals surface area contributed by atoms with Crippen molar-refractivity contribution in [3.8, 4) is 11.3 Å². The van der Waals surface area contributed by atoms with Crippen LogP contribution < -0.4 is 5.32 Å². The number of carbonyl (C=O) groups excluding carboxylic acids is 1. The van der Waals surface area contributed by atoms with Crippen LogP contribution in [-0.2, 0) is 6.42 Å². The van der Waals surface area contributed by atoms with Crippen LogP contribution in [0.5, 0.6) is 0 Å². The Balaban J connectivity index is 1.35. The molecule has 1 aliphatic carbocycles. The summed E-state index contributed by atoms with van der Waals surface area (Å²) in [5.41, 5.74) is 0.696. The molecule has 8 heteroatoms. The Hall–Kier alpha value is -3.03. The number of halogens is 1. The van der Waals surface area contributed by atoms with Crippen molar-refractivity contribution in [2.45, 2.75) is 38.1 Å². The number of rotatable bonds is 5. The molecule has 0 atom stereocenters. The fourth-order valence-electron chi connectivity index (χ4n) is 2.93. The lowest BCUT2D eigenvalue weighted by atomic mass is 9.80. The van der Waals surface area contributed by atoms with E-state index in [1.807, 2.05) is 6.92 Å². The monoisotopic (exact) mass is 356 g/mol. The second kappa shape index (κ2) is 6.70. The molecular weight excluding hydrogens is 339 g/mol. The molecule has 1 saturated carbocycles. The molecule has 2 heterocycles. The number of carbonyl (C=O) groups is 1. The van der Waals surface area contributed by atoms with E-state index in [0.29, 0.717) is 29.5 Å². The standard InChI is InChI=1S/C18H17FN4O3/c1-2-16-21-22-18(25-16)11-7-13(8-11)20-17(24)14-9-15(26-23-14)10-4-3-5-12(19)6-10/h3-6,9,11,13H,2,7-8H2,1H3,(H,20,24). The first-order valence-corrected chi connectivity index (χ1v) is 8.48. The number of nitrogens with one attached hydrogen (secondary N) is 1. The van der Waals surface area contributed by atoms with Gasteiger partial charge in [-0.2, -0.15) is 0 Å². The summed E-state index contributed by atoms with van der Waals surface area (Å²) in [4.78, 5) is 12.3. The Morgan fingerprint density at radius 3 is 2.88 bits per heavy atom. The highest BCUT2D eigenvalue weighted by atomic mass is 19.1. The molecule has 1 N–H and O–H groups in total. The molecule has 3 aromatic rings. The third-order valence-corrected chi connectivity index (χ3v) is 4.46. The predicted molar refractivity (Wildman–Crippen MR) is 88.8 cm³/mol. The van der Waals surface area contributed by atoms with E-state index in [1.54, 1.807) is 12.1 Å². The predicted octanol–water partition coefficient (Wildman–Crippen LogP) is 3.10. The van der Waals surface area contributed by atoms with Crippen molar-refractivity contribution in [1.82, 2.24) is 20.7 Å². The first-order valence-electron chi connectivity index (χ1n) is 8.48. The third-order valence-electron chi connectivity index (χ3n) is 4.46. The van der Waals surface area contributed by atoms with Gasteiger partial charge in [-0.15, -0.1) is 10.2 Å². The highest BCUT2D eigenvalue weighted by molar-refractivity contribution is 5.93. The average molecular weight is 356 g/mol. The van der Waals surface area contributed by atoms with Gasteiger partial charge in [0, 0.05) is 30.0 Å². The van der Waals surface area contributed by atoms with Gasteiger partial charge in [0.15, 0.2) is 11.5 Å². The summed E-state index contributed by atoms with van der Waals surface area (Å²) in [6, 6.07) is 7.46. The SMILES string of the molecule is CCc1nnc(C2CC(NC(=O)c3cc(-c4cccc(F)c4)on3)C2)o1. The molecule has 26 heavy (non-hydrogen) atoms. The van der Waals surface area contributed by atoms with Crippen molar-refractivity contribution in [3.63, 3.8) is 0 Å². The van der Waals surface area contributed by atoms with Crippen molar-refractivity contribution in [3.05, 3.63) is 53.6 Å². The smallest absolute Gasteiger partial charge is 0.273 e. The Labute approximate surface area is 148 Å². The molecule has 0 bridgehead atoms. The van der Waals surface area contributed by atoms with E-state index >= 15 is 0 Å². The summed E-state index contributed by atoms with van der Waals surface area (Å²) >= 11 is 0. The van der Waals surface area contributed by atoms with E-state index in [9.17, 15) is 9.18 Å². The van der Waals surface area contributed by atoms with Gasteiger partial charge in [0.25, 0.3) is 5.91 Å². The molecular formula is C18H17FN4O3. The van der Waals surface area contributed by atoms with Gasteiger partial charge >= 0.3 is 0 Å². The molecule has 4 rings (SSSR count). The second-order valence-electron chi connectivity index (χ2n) is 6.31. The highest BCUT2D eigenvalue weighted by Gasteiger charge is 2.35. The van der Waals surface area contributed by atoms with Gasteiger partial charge in [0.2, 0.25) is 11.8 Å². The topological polar surface area (TPSA) is 94.1 Å². The van der Waals surface area contributed by atoms with Crippen LogP contribution >= 0.6 is 0 Å². The van der Waals surface area contributed by atoms with Crippen molar-refractivity contribution < 1.29 is 18.1 Å². The van der Waals surface area contributed by atoms with Crippen LogP contribution in [0.1, 0.15) is 48.0 Å². The molecule has 0 spiro atoms. The van der Waals surface area contributed by atoms with Gasteiger partial charge in [0.05, 0.1) is 0 Å². The van der Waals surface area contributed by atoms with Gasteiger partial charge in [-0.1, -0.05) is 24.2 Å². The van der Waals surface area contributed by atoms with Crippen LogP contribution in [0, 0.1) is 5.82 Å². The molecule has 1 fully saturated rings. The second-order valence-corrected chi connectivity index (χ2v) is 6.31. The van der Waals surface area contributed by atoms with Gasteiger partial charge < -0.3 is 14.3 Å². The summed E-state index contributed by atoms with van der Waals surface area (Å²) in [6.07, 6.45) is 2.19. The number of hydrogen-bond acceptors (Lipinski definition) is 6. The van der Waals surface area contributed by atoms with E-state index < -0.39 is 0 Å². The number of hydrogen-bond donors (Lipinski definition) is 1. The van der Waals surface area contributed by atoms with Crippen molar-refractivity contribution in [1.29, 1.82) is 0 Å². The van der Waals surface area contributed by atoms with Gasteiger partial charge in [0.1, 0.15) is 5.82 Å². The fraction of sp³-hybridized carbons (Fsp3) is 0.333. The largest absolute Gasteiger partial charge is 0.425 e. The first kappa shape index (κ1) is 16.4. The number of amides is 1. The van der Waals surface area contributed by atoms with Crippen LogP contribution in [0.15, 0.2) is 39.3 Å². The molecule has 0 unspecified atom stereocenters. The molecule has 134 valence electrons. The normalized spacial score (nSPS) is 19.2. The lowest BCUT2D eigenvalue weighted by Crippen LogP contribution is -2.43. The van der Waals surface area contributed by atoms with Crippen LogP contribution in [0.25, 0.3) is 11.3 Å². The van der Waals surface area contributed by atoms with Crippen LogP contribution in [-0.4, -0.2) is 27.3 Å². The van der Waals surface area contributed by atoms with E-state index in [2.05, 4.69) is 20.7 Å². The maximum atomic E-state index is 13.3. The van der Waals surface area contributed by atoms with Crippen molar-refractivity contribution >= 4 is 5.91 Å². The van der Waals surface area contributed by atoms with Crippen LogP contribution in [0.4, 0.5) is 4.39 Å². The summed E-state index contributed by atoms with van der Waals surface area (Å²) < 4.78 is 24.0. The summed E-state index contributed by atoms with van der Waals surface area (Å²) in [5.74, 6) is 1.08. The molecule has 0 aliphatic heterocycles. The van der Waals surface area contributed by atoms with Crippen molar-refractivity contribution in [2.24, 2.45) is 0 Å². The number of nitrogens with zero attached hydrogens (tertiary/aromatic N) is 3. The van der Waals surface area contributed by atoms with Gasteiger partial charge in [-0.05, 0) is 25.0 Å². The molecule has 1 aromatic carbocycles. The molecule has 1 aliphatic rings. The van der Waals surface area contributed by atoms with Crippen LogP contribution in [0.2, 0.25) is 0 Å². The molecule has 2 aromatic heterocycles. The summed E-state index contributed by atoms with van der Waals surface area (Å²) in [6.45, 7) is 1.96. The summed E-state index contributed by atoms with van der Waals surface area (Å²) in [5, 5.41) is 14.7. The Morgan fingerprint density at radius 2 is 2.15 bits per heavy atom. The molecule has 0 saturated heterocycles. The minimum Gasteiger partial charge on any atom is -0.425 e. The third kappa shape index (κ3) is 3.22. The van der Waals surface area contributed by atoms with E-state index in [4.69, 9.17) is 8.94 Å². The fourth-order valence-corrected chi connectivity index (χ4v) is 2.93. The van der Waals surface area contributed by atoms with E-state index in [-0.39, 0.29) is 29.4 Å². The molecule has 1 amide bonds. The zero-order chi connectivity index (χ0) is 18.1. The van der Waals surface area contributed by atoms with Gasteiger partial charge in [-0.25, -0.2) is 4.39 Å².